The van der Waals surface area contributed by atoms with Gasteiger partial charge in [-0.05, 0) is 69.6 Å². The highest BCUT2D eigenvalue weighted by Gasteiger charge is 2.28. The van der Waals surface area contributed by atoms with Gasteiger partial charge in [0.15, 0.2) is 0 Å². The van der Waals surface area contributed by atoms with Gasteiger partial charge in [0, 0.05) is 17.6 Å². The van der Waals surface area contributed by atoms with Gasteiger partial charge in [-0.1, -0.05) is 36.8 Å². The molecule has 3 rings (SSSR count). The molecule has 0 aliphatic carbocycles. The largest absolute Gasteiger partial charge is 0.489 e. The minimum Gasteiger partial charge on any atom is -0.489 e. The number of carbonyl (C=O) groups excluding carboxylic acids is 1. The Morgan fingerprint density at radius 1 is 1.00 bits per heavy atom. The molecule has 0 spiro atoms. The third kappa shape index (κ3) is 5.57. The van der Waals surface area contributed by atoms with Crippen molar-refractivity contribution in [2.24, 2.45) is 0 Å². The molecule has 4 nitrogen and oxygen atoms in total. The summed E-state index contributed by atoms with van der Waals surface area (Å²) in [5.74, 6) is 0.829. The molecule has 1 aliphatic rings. The number of hydrogen-bond acceptors (Lipinski definition) is 3. The molecule has 0 atom stereocenters. The molecule has 1 saturated heterocycles. The topological polar surface area (TPSA) is 41.6 Å². The third-order valence-corrected chi connectivity index (χ3v) is 5.26. The van der Waals surface area contributed by atoms with Crippen molar-refractivity contribution < 1.29 is 9.53 Å². The number of piperidine rings is 1. The Morgan fingerprint density at radius 3 is 2.33 bits per heavy atom. The highest BCUT2D eigenvalue weighted by atomic mass is 16.5. The second kappa shape index (κ2) is 9.05. The molecule has 2 aromatic rings. The van der Waals surface area contributed by atoms with Gasteiger partial charge < -0.3 is 10.1 Å². The van der Waals surface area contributed by atoms with Crippen LogP contribution in [0.1, 0.15) is 49.0 Å². The summed E-state index contributed by atoms with van der Waals surface area (Å²) in [7, 11) is 0. The number of amides is 1. The van der Waals surface area contributed by atoms with Crippen molar-refractivity contribution in [2.75, 3.05) is 19.6 Å². The zero-order valence-corrected chi connectivity index (χ0v) is 16.4. The van der Waals surface area contributed by atoms with Gasteiger partial charge in [0.25, 0.3) is 5.91 Å². The molecule has 0 bridgehead atoms. The minimum atomic E-state index is -0.0180. The zero-order valence-electron chi connectivity index (χ0n) is 16.4. The lowest BCUT2D eigenvalue weighted by atomic mass is 9.98. The fourth-order valence-electron chi connectivity index (χ4n) is 3.45. The standard InChI is InChI=1S/C23H30N2O2/c1-23(2,25-15-7-4-8-16-25)18-24-22(26)20-13-11-19(12-14-20)17-27-21-9-5-3-6-10-21/h3,5-6,9-14H,4,7-8,15-18H2,1-2H3,(H,24,26). The molecule has 1 fully saturated rings. The van der Waals surface area contributed by atoms with E-state index in [0.717, 1.165) is 24.4 Å². The van der Waals surface area contributed by atoms with Crippen LogP contribution in [0.15, 0.2) is 54.6 Å². The summed E-state index contributed by atoms with van der Waals surface area (Å²) >= 11 is 0. The van der Waals surface area contributed by atoms with E-state index in [1.165, 1.54) is 19.3 Å². The van der Waals surface area contributed by atoms with Crippen LogP contribution < -0.4 is 10.1 Å². The number of benzene rings is 2. The summed E-state index contributed by atoms with van der Waals surface area (Å²) in [6, 6.07) is 17.4. The molecule has 0 aromatic heterocycles. The maximum atomic E-state index is 12.5. The zero-order chi connectivity index (χ0) is 19.1. The molecule has 1 amide bonds. The molecular formula is C23H30N2O2. The lowest BCUT2D eigenvalue weighted by Crippen LogP contribution is -2.53. The van der Waals surface area contributed by atoms with Crippen LogP contribution in [0.3, 0.4) is 0 Å². The molecule has 0 radical (unpaired) electrons. The highest BCUT2D eigenvalue weighted by molar-refractivity contribution is 5.94. The molecule has 27 heavy (non-hydrogen) atoms. The van der Waals surface area contributed by atoms with Crippen LogP contribution in [0.25, 0.3) is 0 Å². The van der Waals surface area contributed by atoms with Gasteiger partial charge in [0.1, 0.15) is 12.4 Å². The highest BCUT2D eigenvalue weighted by Crippen LogP contribution is 2.20. The summed E-state index contributed by atoms with van der Waals surface area (Å²) in [4.78, 5) is 15.0. The summed E-state index contributed by atoms with van der Waals surface area (Å²) in [6.07, 6.45) is 3.83. The van der Waals surface area contributed by atoms with E-state index in [-0.39, 0.29) is 11.4 Å². The number of nitrogens with zero attached hydrogens (tertiary/aromatic N) is 1. The van der Waals surface area contributed by atoms with Crippen LogP contribution in [0.2, 0.25) is 0 Å². The Labute approximate surface area is 162 Å². The molecule has 1 aliphatic heterocycles. The Kier molecular flexibility index (Phi) is 6.51. The van der Waals surface area contributed by atoms with Crippen LogP contribution >= 0.6 is 0 Å². The van der Waals surface area contributed by atoms with Crippen molar-refractivity contribution in [2.45, 2.75) is 45.3 Å². The number of rotatable bonds is 7. The molecule has 0 saturated carbocycles. The van der Waals surface area contributed by atoms with Crippen LogP contribution in [-0.4, -0.2) is 36.0 Å². The van der Waals surface area contributed by atoms with E-state index >= 15 is 0 Å². The van der Waals surface area contributed by atoms with E-state index in [4.69, 9.17) is 4.74 Å². The maximum Gasteiger partial charge on any atom is 0.251 e. The molecule has 1 heterocycles. The van der Waals surface area contributed by atoms with E-state index in [1.54, 1.807) is 0 Å². The van der Waals surface area contributed by atoms with Crippen molar-refractivity contribution in [3.05, 3.63) is 65.7 Å². The van der Waals surface area contributed by atoms with E-state index in [0.29, 0.717) is 18.7 Å². The van der Waals surface area contributed by atoms with Gasteiger partial charge in [0.2, 0.25) is 0 Å². The summed E-state index contributed by atoms with van der Waals surface area (Å²) in [6.45, 7) is 7.82. The minimum absolute atomic E-state index is 0.0143. The third-order valence-electron chi connectivity index (χ3n) is 5.26. The van der Waals surface area contributed by atoms with E-state index in [2.05, 4.69) is 24.1 Å². The van der Waals surface area contributed by atoms with Crippen molar-refractivity contribution in [3.63, 3.8) is 0 Å². The number of carbonyl (C=O) groups is 1. The van der Waals surface area contributed by atoms with Crippen molar-refractivity contribution >= 4 is 5.91 Å². The Balaban J connectivity index is 1.49. The van der Waals surface area contributed by atoms with Gasteiger partial charge in [-0.2, -0.15) is 0 Å². The number of hydrogen-bond donors (Lipinski definition) is 1. The van der Waals surface area contributed by atoms with Crippen LogP contribution in [-0.2, 0) is 6.61 Å². The Bertz CT molecular complexity index is 720. The SMILES string of the molecule is CC(C)(CNC(=O)c1ccc(COc2ccccc2)cc1)N1CCCCC1. The predicted molar refractivity (Wildman–Crippen MR) is 109 cm³/mol. The fourth-order valence-corrected chi connectivity index (χ4v) is 3.45. The molecule has 4 heteroatoms. The molecule has 2 aromatic carbocycles. The average molecular weight is 367 g/mol. The lowest BCUT2D eigenvalue weighted by molar-refractivity contribution is 0.0797. The summed E-state index contributed by atoms with van der Waals surface area (Å²) in [5.41, 5.74) is 1.72. The van der Waals surface area contributed by atoms with E-state index in [1.807, 2.05) is 54.6 Å². The number of nitrogens with one attached hydrogen (secondary N) is 1. The first kappa shape index (κ1) is 19.4. The smallest absolute Gasteiger partial charge is 0.251 e. The van der Waals surface area contributed by atoms with Crippen LogP contribution in [0, 0.1) is 0 Å². The quantitative estimate of drug-likeness (QED) is 0.796. The first-order valence-electron chi connectivity index (χ1n) is 9.85. The normalized spacial score (nSPS) is 15.3. The number of para-hydroxylation sites is 1. The van der Waals surface area contributed by atoms with E-state index in [9.17, 15) is 4.79 Å². The molecule has 144 valence electrons. The monoisotopic (exact) mass is 366 g/mol. The Morgan fingerprint density at radius 2 is 1.67 bits per heavy atom. The second-order valence-electron chi connectivity index (χ2n) is 7.84. The second-order valence-corrected chi connectivity index (χ2v) is 7.84. The van der Waals surface area contributed by atoms with E-state index < -0.39 is 0 Å². The average Bonchev–Trinajstić information content (AvgIpc) is 2.72. The molecule has 0 unspecified atom stereocenters. The summed E-state index contributed by atoms with van der Waals surface area (Å²) in [5, 5.41) is 3.10. The lowest BCUT2D eigenvalue weighted by Gasteiger charge is -2.41. The maximum absolute atomic E-state index is 12.5. The van der Waals surface area contributed by atoms with Gasteiger partial charge >= 0.3 is 0 Å². The van der Waals surface area contributed by atoms with Gasteiger partial charge in [-0.15, -0.1) is 0 Å². The predicted octanol–water partition coefficient (Wildman–Crippen LogP) is 4.26. The van der Waals surface area contributed by atoms with Gasteiger partial charge in [-0.3, -0.25) is 9.69 Å². The van der Waals surface area contributed by atoms with Crippen molar-refractivity contribution in [1.82, 2.24) is 10.2 Å². The van der Waals surface area contributed by atoms with Gasteiger partial charge in [-0.25, -0.2) is 0 Å². The van der Waals surface area contributed by atoms with Crippen LogP contribution in [0.5, 0.6) is 5.75 Å². The Hall–Kier alpha value is -2.33. The van der Waals surface area contributed by atoms with Crippen LogP contribution in [0.4, 0.5) is 0 Å². The fraction of sp³-hybridized carbons (Fsp3) is 0.435. The number of likely N-dealkylation sites (tertiary alicyclic amines) is 1. The molecular weight excluding hydrogens is 336 g/mol. The first-order chi connectivity index (χ1) is 13.0. The van der Waals surface area contributed by atoms with Crippen molar-refractivity contribution in [1.29, 1.82) is 0 Å². The number of ether oxygens (including phenoxy) is 1. The summed E-state index contributed by atoms with van der Waals surface area (Å²) < 4.78 is 5.75. The van der Waals surface area contributed by atoms with Crippen molar-refractivity contribution in [3.8, 4) is 5.75 Å². The van der Waals surface area contributed by atoms with Gasteiger partial charge in [0.05, 0.1) is 0 Å². The molecule has 1 N–H and O–H groups in total. The first-order valence-corrected chi connectivity index (χ1v) is 9.85.